The molecular formula is C20H24N2O3S. The van der Waals surface area contributed by atoms with Crippen molar-refractivity contribution in [1.82, 2.24) is 4.90 Å². The van der Waals surface area contributed by atoms with Gasteiger partial charge in [-0.15, -0.1) is 0 Å². The minimum atomic E-state index is -3.63. The number of anilines is 1. The van der Waals surface area contributed by atoms with E-state index in [1.807, 2.05) is 11.8 Å². The third-order valence-electron chi connectivity index (χ3n) is 4.83. The Morgan fingerprint density at radius 3 is 2.27 bits per heavy atom. The Labute approximate surface area is 155 Å². The number of carbonyl (C=O) groups is 1. The SMILES string of the molecule is Cc1cc(C(=O)N2CCCCC2)ccc1N(C)S(=O)(=O)c1ccccc1. The molecule has 0 radical (unpaired) electrons. The fraction of sp³-hybridized carbons (Fsp3) is 0.350. The predicted octanol–water partition coefficient (Wildman–Crippen LogP) is 3.45. The average molecular weight is 372 g/mol. The summed E-state index contributed by atoms with van der Waals surface area (Å²) < 4.78 is 26.9. The number of piperidine rings is 1. The number of carbonyl (C=O) groups excluding carboxylic acids is 1. The van der Waals surface area contributed by atoms with E-state index in [4.69, 9.17) is 0 Å². The van der Waals surface area contributed by atoms with Crippen molar-refractivity contribution in [3.63, 3.8) is 0 Å². The van der Waals surface area contributed by atoms with E-state index >= 15 is 0 Å². The van der Waals surface area contributed by atoms with Gasteiger partial charge in [-0.25, -0.2) is 8.42 Å². The van der Waals surface area contributed by atoms with Crippen LogP contribution in [-0.2, 0) is 10.0 Å². The minimum absolute atomic E-state index is 0.0212. The molecule has 1 aliphatic rings. The highest BCUT2D eigenvalue weighted by Crippen LogP contribution is 2.26. The lowest BCUT2D eigenvalue weighted by Gasteiger charge is -2.27. The number of aryl methyl sites for hydroxylation is 1. The molecule has 1 heterocycles. The molecule has 138 valence electrons. The Balaban J connectivity index is 1.86. The van der Waals surface area contributed by atoms with Crippen LogP contribution in [0.5, 0.6) is 0 Å². The van der Waals surface area contributed by atoms with Gasteiger partial charge >= 0.3 is 0 Å². The van der Waals surface area contributed by atoms with Crippen molar-refractivity contribution >= 4 is 21.6 Å². The van der Waals surface area contributed by atoms with Crippen molar-refractivity contribution in [2.45, 2.75) is 31.1 Å². The van der Waals surface area contributed by atoms with Gasteiger partial charge in [-0.3, -0.25) is 9.10 Å². The molecule has 3 rings (SSSR count). The van der Waals surface area contributed by atoms with Crippen LogP contribution in [0.2, 0.25) is 0 Å². The van der Waals surface area contributed by atoms with Crippen molar-refractivity contribution < 1.29 is 13.2 Å². The summed E-state index contributed by atoms with van der Waals surface area (Å²) in [6.45, 7) is 3.42. The molecule has 2 aromatic carbocycles. The summed E-state index contributed by atoms with van der Waals surface area (Å²) in [5.74, 6) is 0.0212. The van der Waals surface area contributed by atoms with Crippen molar-refractivity contribution in [3.8, 4) is 0 Å². The third-order valence-corrected chi connectivity index (χ3v) is 6.61. The van der Waals surface area contributed by atoms with Gasteiger partial charge in [0.05, 0.1) is 10.6 Å². The lowest BCUT2D eigenvalue weighted by molar-refractivity contribution is 0.0724. The Bertz CT molecular complexity index is 889. The van der Waals surface area contributed by atoms with Gasteiger partial charge in [-0.05, 0) is 62.1 Å². The van der Waals surface area contributed by atoms with Gasteiger partial charge in [-0.2, -0.15) is 0 Å². The van der Waals surface area contributed by atoms with Crippen molar-refractivity contribution in [2.24, 2.45) is 0 Å². The summed E-state index contributed by atoms with van der Waals surface area (Å²) in [5, 5.41) is 0. The second-order valence-corrected chi connectivity index (χ2v) is 8.61. The lowest BCUT2D eigenvalue weighted by Crippen LogP contribution is -2.35. The normalized spacial score (nSPS) is 14.9. The van der Waals surface area contributed by atoms with E-state index in [1.165, 1.54) is 17.8 Å². The Hall–Kier alpha value is -2.34. The van der Waals surface area contributed by atoms with E-state index in [0.717, 1.165) is 31.5 Å². The maximum Gasteiger partial charge on any atom is 0.264 e. The van der Waals surface area contributed by atoms with E-state index in [1.54, 1.807) is 48.5 Å². The molecule has 0 aromatic heterocycles. The predicted molar refractivity (Wildman–Crippen MR) is 103 cm³/mol. The lowest BCUT2D eigenvalue weighted by atomic mass is 10.1. The third kappa shape index (κ3) is 3.60. The van der Waals surface area contributed by atoms with Crippen LogP contribution in [0.25, 0.3) is 0 Å². The van der Waals surface area contributed by atoms with Crippen LogP contribution >= 0.6 is 0 Å². The Morgan fingerprint density at radius 1 is 1.00 bits per heavy atom. The Morgan fingerprint density at radius 2 is 1.65 bits per heavy atom. The van der Waals surface area contributed by atoms with Gasteiger partial charge in [0.15, 0.2) is 0 Å². The van der Waals surface area contributed by atoms with Gasteiger partial charge < -0.3 is 4.90 Å². The van der Waals surface area contributed by atoms with Gasteiger partial charge in [-0.1, -0.05) is 18.2 Å². The topological polar surface area (TPSA) is 57.7 Å². The number of hydrogen-bond donors (Lipinski definition) is 0. The average Bonchev–Trinajstić information content (AvgIpc) is 2.68. The molecule has 0 N–H and O–H groups in total. The molecule has 0 saturated carbocycles. The van der Waals surface area contributed by atoms with Gasteiger partial charge in [0, 0.05) is 25.7 Å². The highest BCUT2D eigenvalue weighted by Gasteiger charge is 2.24. The van der Waals surface area contributed by atoms with Crippen molar-refractivity contribution in [1.29, 1.82) is 0 Å². The first kappa shape index (κ1) is 18.5. The van der Waals surface area contributed by atoms with Crippen LogP contribution < -0.4 is 4.31 Å². The monoisotopic (exact) mass is 372 g/mol. The number of hydrogen-bond acceptors (Lipinski definition) is 3. The summed E-state index contributed by atoms with van der Waals surface area (Å²) >= 11 is 0. The zero-order chi connectivity index (χ0) is 18.7. The van der Waals surface area contributed by atoms with Crippen LogP contribution in [0.15, 0.2) is 53.4 Å². The summed E-state index contributed by atoms with van der Waals surface area (Å²) in [6.07, 6.45) is 3.26. The van der Waals surface area contributed by atoms with E-state index in [0.29, 0.717) is 11.3 Å². The summed E-state index contributed by atoms with van der Waals surface area (Å²) in [7, 11) is -2.09. The smallest absolute Gasteiger partial charge is 0.264 e. The molecule has 1 amide bonds. The van der Waals surface area contributed by atoms with E-state index < -0.39 is 10.0 Å². The number of likely N-dealkylation sites (tertiary alicyclic amines) is 1. The fourth-order valence-electron chi connectivity index (χ4n) is 3.30. The number of rotatable bonds is 4. The zero-order valence-electron chi connectivity index (χ0n) is 15.2. The molecule has 1 aliphatic heterocycles. The maximum absolute atomic E-state index is 12.8. The molecule has 0 atom stereocenters. The molecule has 0 aliphatic carbocycles. The standard InChI is InChI=1S/C20H24N2O3S/c1-16-15-17(20(23)22-13-7-4-8-14-22)11-12-19(16)21(2)26(24,25)18-9-5-3-6-10-18/h3,5-6,9-12,15H,4,7-8,13-14H2,1-2H3. The molecule has 1 saturated heterocycles. The minimum Gasteiger partial charge on any atom is -0.339 e. The van der Waals surface area contributed by atoms with Crippen LogP contribution in [-0.4, -0.2) is 39.4 Å². The molecule has 0 unspecified atom stereocenters. The van der Waals surface area contributed by atoms with Crippen LogP contribution in [0.1, 0.15) is 35.2 Å². The number of amides is 1. The number of nitrogens with zero attached hydrogens (tertiary/aromatic N) is 2. The molecule has 1 fully saturated rings. The summed E-state index contributed by atoms with van der Waals surface area (Å²) in [4.78, 5) is 14.8. The van der Waals surface area contributed by atoms with Gasteiger partial charge in [0.1, 0.15) is 0 Å². The first-order valence-corrected chi connectivity index (χ1v) is 10.3. The molecule has 5 nitrogen and oxygen atoms in total. The van der Waals surface area contributed by atoms with E-state index in [2.05, 4.69) is 0 Å². The summed E-state index contributed by atoms with van der Waals surface area (Å²) in [5.41, 5.74) is 1.94. The second kappa shape index (κ2) is 7.50. The van der Waals surface area contributed by atoms with E-state index in [9.17, 15) is 13.2 Å². The maximum atomic E-state index is 12.8. The van der Waals surface area contributed by atoms with Crippen molar-refractivity contribution in [3.05, 3.63) is 59.7 Å². The van der Waals surface area contributed by atoms with Crippen LogP contribution in [0, 0.1) is 6.92 Å². The van der Waals surface area contributed by atoms with Crippen molar-refractivity contribution in [2.75, 3.05) is 24.4 Å². The highest BCUT2D eigenvalue weighted by atomic mass is 32.2. The van der Waals surface area contributed by atoms with Gasteiger partial charge in [0.25, 0.3) is 15.9 Å². The molecular weight excluding hydrogens is 348 g/mol. The van der Waals surface area contributed by atoms with E-state index in [-0.39, 0.29) is 10.8 Å². The van der Waals surface area contributed by atoms with Crippen LogP contribution in [0.4, 0.5) is 5.69 Å². The molecule has 6 heteroatoms. The number of benzene rings is 2. The first-order valence-electron chi connectivity index (χ1n) is 8.85. The zero-order valence-corrected chi connectivity index (χ0v) is 16.0. The van der Waals surface area contributed by atoms with Crippen LogP contribution in [0.3, 0.4) is 0 Å². The molecule has 0 bridgehead atoms. The quantitative estimate of drug-likeness (QED) is 0.826. The molecule has 0 spiro atoms. The highest BCUT2D eigenvalue weighted by molar-refractivity contribution is 7.92. The summed E-state index contributed by atoms with van der Waals surface area (Å²) in [6, 6.07) is 13.6. The molecule has 2 aromatic rings. The largest absolute Gasteiger partial charge is 0.339 e. The fourth-order valence-corrected chi connectivity index (χ4v) is 4.58. The second-order valence-electron chi connectivity index (χ2n) is 6.64. The Kier molecular flexibility index (Phi) is 5.32. The van der Waals surface area contributed by atoms with Gasteiger partial charge in [0.2, 0.25) is 0 Å². The molecule has 26 heavy (non-hydrogen) atoms. The number of sulfonamides is 1. The first-order chi connectivity index (χ1) is 12.4.